The Morgan fingerprint density at radius 3 is 2.28 bits per heavy atom. The third-order valence-electron chi connectivity index (χ3n) is 2.39. The molecule has 0 saturated heterocycles. The van der Waals surface area contributed by atoms with Crippen molar-refractivity contribution in [3.8, 4) is 6.07 Å². The second-order valence-electron chi connectivity index (χ2n) is 3.66. The molecule has 2 aromatic rings. The lowest BCUT2D eigenvalue weighted by Crippen LogP contribution is -1.98. The van der Waals surface area contributed by atoms with Gasteiger partial charge in [0.2, 0.25) is 0 Å². The van der Waals surface area contributed by atoms with Crippen molar-refractivity contribution in [3.05, 3.63) is 52.0 Å². The van der Waals surface area contributed by atoms with Crippen LogP contribution in [0.4, 0.5) is 17.1 Å². The Labute approximate surface area is 115 Å². The molecule has 0 unspecified atom stereocenters. The molecule has 0 aromatic heterocycles. The van der Waals surface area contributed by atoms with Crippen molar-refractivity contribution in [3.63, 3.8) is 0 Å². The van der Waals surface area contributed by atoms with Crippen LogP contribution in [0, 0.1) is 11.3 Å². The van der Waals surface area contributed by atoms with Crippen LogP contribution in [0.3, 0.4) is 0 Å². The van der Waals surface area contributed by atoms with E-state index >= 15 is 0 Å². The standard InChI is InChI=1S/C13H9Cl2N3/c14-9-2-1-8(7-16)12(5-9)18-13-6-10(15)3-4-11(13)17/h1-6,18H,17H2. The molecule has 2 aromatic carbocycles. The summed E-state index contributed by atoms with van der Waals surface area (Å²) in [5.41, 5.74) is 8.10. The second-order valence-corrected chi connectivity index (χ2v) is 4.53. The van der Waals surface area contributed by atoms with E-state index in [1.807, 2.05) is 0 Å². The molecule has 5 heteroatoms. The van der Waals surface area contributed by atoms with Gasteiger partial charge in [-0.2, -0.15) is 5.26 Å². The summed E-state index contributed by atoms with van der Waals surface area (Å²) in [4.78, 5) is 0. The Balaban J connectivity index is 2.43. The van der Waals surface area contributed by atoms with Gasteiger partial charge in [-0.3, -0.25) is 0 Å². The molecule has 3 N–H and O–H groups in total. The lowest BCUT2D eigenvalue weighted by atomic mass is 10.2. The van der Waals surface area contributed by atoms with Crippen molar-refractivity contribution < 1.29 is 0 Å². The number of benzene rings is 2. The highest BCUT2D eigenvalue weighted by Gasteiger charge is 2.06. The predicted octanol–water partition coefficient (Wildman–Crippen LogP) is 4.19. The number of hydrogen-bond acceptors (Lipinski definition) is 3. The summed E-state index contributed by atoms with van der Waals surface area (Å²) in [5.74, 6) is 0. The molecule has 0 saturated carbocycles. The molecular weight excluding hydrogens is 269 g/mol. The molecule has 0 aliphatic rings. The van der Waals surface area contributed by atoms with Gasteiger partial charge in [0, 0.05) is 10.0 Å². The highest BCUT2D eigenvalue weighted by Crippen LogP contribution is 2.29. The Morgan fingerprint density at radius 2 is 1.61 bits per heavy atom. The lowest BCUT2D eigenvalue weighted by Gasteiger charge is -2.11. The number of nitrogens with two attached hydrogens (primary N) is 1. The molecule has 0 radical (unpaired) electrons. The van der Waals surface area contributed by atoms with Crippen LogP contribution < -0.4 is 11.1 Å². The van der Waals surface area contributed by atoms with E-state index in [2.05, 4.69) is 11.4 Å². The maximum absolute atomic E-state index is 9.02. The summed E-state index contributed by atoms with van der Waals surface area (Å²) < 4.78 is 0. The number of halogens is 2. The van der Waals surface area contributed by atoms with Crippen LogP contribution in [0.25, 0.3) is 0 Å². The topological polar surface area (TPSA) is 61.8 Å². The maximum Gasteiger partial charge on any atom is 0.101 e. The number of nitrogen functional groups attached to an aromatic ring is 1. The fourth-order valence-corrected chi connectivity index (χ4v) is 1.84. The molecule has 0 aliphatic carbocycles. The molecule has 0 spiro atoms. The second kappa shape index (κ2) is 5.18. The summed E-state index contributed by atoms with van der Waals surface area (Å²) in [6.45, 7) is 0. The van der Waals surface area contributed by atoms with E-state index in [0.29, 0.717) is 32.7 Å². The van der Waals surface area contributed by atoms with Crippen molar-refractivity contribution in [2.45, 2.75) is 0 Å². The average molecular weight is 278 g/mol. The molecule has 0 aliphatic heterocycles. The SMILES string of the molecule is N#Cc1ccc(Cl)cc1Nc1cc(Cl)ccc1N. The molecule has 2 rings (SSSR count). The van der Waals surface area contributed by atoms with Crippen LogP contribution in [0.1, 0.15) is 5.56 Å². The van der Waals surface area contributed by atoms with Gasteiger partial charge >= 0.3 is 0 Å². The first-order chi connectivity index (χ1) is 8.60. The Morgan fingerprint density at radius 1 is 1.00 bits per heavy atom. The fraction of sp³-hybridized carbons (Fsp3) is 0. The lowest BCUT2D eigenvalue weighted by molar-refractivity contribution is 1.46. The van der Waals surface area contributed by atoms with Gasteiger partial charge < -0.3 is 11.1 Å². The van der Waals surface area contributed by atoms with Crippen LogP contribution in [-0.4, -0.2) is 0 Å². The first-order valence-corrected chi connectivity index (χ1v) is 5.87. The number of nitriles is 1. The van der Waals surface area contributed by atoms with E-state index in [1.165, 1.54) is 0 Å². The summed E-state index contributed by atoms with van der Waals surface area (Å²) >= 11 is 11.8. The number of nitrogens with zero attached hydrogens (tertiary/aromatic N) is 1. The van der Waals surface area contributed by atoms with Gasteiger partial charge in [0.1, 0.15) is 6.07 Å². The third-order valence-corrected chi connectivity index (χ3v) is 2.86. The Bertz CT molecular complexity index is 633. The Hall–Kier alpha value is -1.89. The molecule has 18 heavy (non-hydrogen) atoms. The predicted molar refractivity (Wildman–Crippen MR) is 75.3 cm³/mol. The minimum absolute atomic E-state index is 0.485. The van der Waals surface area contributed by atoms with Crippen molar-refractivity contribution >= 4 is 40.3 Å². The molecule has 0 atom stereocenters. The zero-order chi connectivity index (χ0) is 13.1. The van der Waals surface area contributed by atoms with E-state index in [9.17, 15) is 0 Å². The van der Waals surface area contributed by atoms with Crippen LogP contribution in [-0.2, 0) is 0 Å². The summed E-state index contributed by atoms with van der Waals surface area (Å²) in [6.07, 6.45) is 0. The smallest absolute Gasteiger partial charge is 0.101 e. The normalized spacial score (nSPS) is 9.83. The van der Waals surface area contributed by atoms with Gasteiger partial charge in [0.15, 0.2) is 0 Å². The number of nitrogens with one attached hydrogen (secondary N) is 1. The van der Waals surface area contributed by atoms with Crippen LogP contribution in [0.5, 0.6) is 0 Å². The number of hydrogen-bond donors (Lipinski definition) is 2. The summed E-state index contributed by atoms with van der Waals surface area (Å²) in [6, 6.07) is 12.1. The first-order valence-electron chi connectivity index (χ1n) is 5.12. The van der Waals surface area contributed by atoms with Gasteiger partial charge in [-0.05, 0) is 36.4 Å². The van der Waals surface area contributed by atoms with Crippen molar-refractivity contribution in [2.24, 2.45) is 0 Å². The van der Waals surface area contributed by atoms with E-state index in [1.54, 1.807) is 36.4 Å². The minimum Gasteiger partial charge on any atom is -0.397 e. The van der Waals surface area contributed by atoms with Gasteiger partial charge in [-0.1, -0.05) is 23.2 Å². The van der Waals surface area contributed by atoms with Crippen LogP contribution in [0.15, 0.2) is 36.4 Å². The summed E-state index contributed by atoms with van der Waals surface area (Å²) in [7, 11) is 0. The first kappa shape index (κ1) is 12.6. The van der Waals surface area contributed by atoms with E-state index in [4.69, 9.17) is 34.2 Å². The molecule has 90 valence electrons. The largest absolute Gasteiger partial charge is 0.397 e. The van der Waals surface area contributed by atoms with Gasteiger partial charge in [0.05, 0.1) is 22.6 Å². The molecule has 0 bridgehead atoms. The quantitative estimate of drug-likeness (QED) is 0.809. The Kier molecular flexibility index (Phi) is 3.61. The summed E-state index contributed by atoms with van der Waals surface area (Å²) in [5, 5.41) is 13.2. The molecule has 0 amide bonds. The zero-order valence-electron chi connectivity index (χ0n) is 9.24. The van der Waals surface area contributed by atoms with Crippen molar-refractivity contribution in [2.75, 3.05) is 11.1 Å². The number of anilines is 3. The minimum atomic E-state index is 0.485. The zero-order valence-corrected chi connectivity index (χ0v) is 10.8. The third kappa shape index (κ3) is 2.67. The van der Waals surface area contributed by atoms with E-state index in [0.717, 1.165) is 0 Å². The van der Waals surface area contributed by atoms with E-state index < -0.39 is 0 Å². The highest BCUT2D eigenvalue weighted by molar-refractivity contribution is 6.31. The molecular formula is C13H9Cl2N3. The van der Waals surface area contributed by atoms with Crippen molar-refractivity contribution in [1.29, 1.82) is 5.26 Å². The average Bonchev–Trinajstić information content (AvgIpc) is 2.34. The van der Waals surface area contributed by atoms with Gasteiger partial charge in [0.25, 0.3) is 0 Å². The molecule has 3 nitrogen and oxygen atoms in total. The van der Waals surface area contributed by atoms with Crippen molar-refractivity contribution in [1.82, 2.24) is 0 Å². The van der Waals surface area contributed by atoms with E-state index in [-0.39, 0.29) is 0 Å². The maximum atomic E-state index is 9.02. The number of rotatable bonds is 2. The van der Waals surface area contributed by atoms with Crippen LogP contribution >= 0.6 is 23.2 Å². The monoisotopic (exact) mass is 277 g/mol. The van der Waals surface area contributed by atoms with Crippen LogP contribution in [0.2, 0.25) is 10.0 Å². The highest BCUT2D eigenvalue weighted by atomic mass is 35.5. The fourth-order valence-electron chi connectivity index (χ4n) is 1.50. The molecule has 0 heterocycles. The molecule has 0 fully saturated rings. The van der Waals surface area contributed by atoms with Gasteiger partial charge in [-0.25, -0.2) is 0 Å². The van der Waals surface area contributed by atoms with Gasteiger partial charge in [-0.15, -0.1) is 0 Å².